The second-order valence-corrected chi connectivity index (χ2v) is 5.19. The van der Waals surface area contributed by atoms with Crippen LogP contribution in [0.5, 0.6) is 0 Å². The molecule has 0 atom stereocenters. The van der Waals surface area contributed by atoms with E-state index < -0.39 is 6.09 Å². The van der Waals surface area contributed by atoms with Crippen LogP contribution in [0.1, 0.15) is 17.7 Å². The highest BCUT2D eigenvalue weighted by molar-refractivity contribution is 5.83. The van der Waals surface area contributed by atoms with E-state index in [4.69, 9.17) is 4.74 Å². The number of fused-ring (bicyclic) bond motifs is 1. The monoisotopic (exact) mass is 322 g/mol. The van der Waals surface area contributed by atoms with Gasteiger partial charge in [0.25, 0.3) is 0 Å². The lowest BCUT2D eigenvalue weighted by atomic mass is 10.2. The first-order valence-corrected chi connectivity index (χ1v) is 7.73. The summed E-state index contributed by atoms with van der Waals surface area (Å²) < 4.78 is 5.14. The molecule has 0 bridgehead atoms. The van der Waals surface area contributed by atoms with Crippen LogP contribution in [-0.4, -0.2) is 27.8 Å². The number of ether oxygens (including phenoxy) is 1. The van der Waals surface area contributed by atoms with E-state index in [1.165, 1.54) is 0 Å². The lowest BCUT2D eigenvalue weighted by molar-refractivity contribution is 0.140. The number of pyridine rings is 1. The van der Waals surface area contributed by atoms with Gasteiger partial charge < -0.3 is 10.1 Å². The number of rotatable bonds is 6. The number of carbonyl (C=O) groups excluding carboxylic acids is 1. The maximum Gasteiger partial charge on any atom is 0.407 e. The zero-order valence-electron chi connectivity index (χ0n) is 13.1. The van der Waals surface area contributed by atoms with Crippen molar-refractivity contribution in [3.05, 3.63) is 66.0 Å². The van der Waals surface area contributed by atoms with Crippen molar-refractivity contribution in [1.29, 1.82) is 0 Å². The van der Waals surface area contributed by atoms with Crippen LogP contribution in [-0.2, 0) is 11.3 Å². The summed E-state index contributed by atoms with van der Waals surface area (Å²) in [7, 11) is 0. The van der Waals surface area contributed by atoms with Gasteiger partial charge in [0.1, 0.15) is 6.61 Å². The molecule has 2 N–H and O–H groups in total. The molecule has 1 aromatic carbocycles. The number of benzene rings is 1. The van der Waals surface area contributed by atoms with Gasteiger partial charge in [-0.1, -0.05) is 36.4 Å². The number of H-pyrrole nitrogens is 1. The zero-order valence-corrected chi connectivity index (χ0v) is 13.1. The van der Waals surface area contributed by atoms with Gasteiger partial charge in [0.05, 0.1) is 5.69 Å². The Hall–Kier alpha value is -3.15. The van der Waals surface area contributed by atoms with Crippen LogP contribution < -0.4 is 5.32 Å². The fourth-order valence-corrected chi connectivity index (χ4v) is 2.23. The van der Waals surface area contributed by atoms with Crippen molar-refractivity contribution in [3.8, 4) is 0 Å². The second-order valence-electron chi connectivity index (χ2n) is 5.19. The van der Waals surface area contributed by atoms with E-state index in [-0.39, 0.29) is 6.61 Å². The van der Waals surface area contributed by atoms with Crippen molar-refractivity contribution in [2.45, 2.75) is 13.0 Å². The van der Waals surface area contributed by atoms with Crippen molar-refractivity contribution in [1.82, 2.24) is 20.5 Å². The summed E-state index contributed by atoms with van der Waals surface area (Å²) in [5.41, 5.74) is 2.57. The summed E-state index contributed by atoms with van der Waals surface area (Å²) in [6, 6.07) is 13.4. The molecule has 3 rings (SSSR count). The molecule has 0 unspecified atom stereocenters. The standard InChI is InChI=1S/C18H18N4O2/c23-18(24-13-14-7-2-1-3-8-14)20-11-5-4-10-16-15-9-6-12-19-17(15)22-21-16/h1-4,6-10,12H,5,11,13H2,(H,20,23)(H,19,21,22). The van der Waals surface area contributed by atoms with Crippen LogP contribution in [0.15, 0.2) is 54.7 Å². The minimum absolute atomic E-state index is 0.273. The van der Waals surface area contributed by atoms with Crippen molar-refractivity contribution in [2.75, 3.05) is 6.54 Å². The molecule has 6 heteroatoms. The maximum atomic E-state index is 11.6. The molecular formula is C18H18N4O2. The van der Waals surface area contributed by atoms with Gasteiger partial charge in [-0.05, 0) is 30.2 Å². The summed E-state index contributed by atoms with van der Waals surface area (Å²) in [4.78, 5) is 15.8. The predicted octanol–water partition coefficient (Wildman–Crippen LogP) is 3.29. The van der Waals surface area contributed by atoms with Gasteiger partial charge in [0.2, 0.25) is 0 Å². The third-order valence-corrected chi connectivity index (χ3v) is 3.44. The molecule has 0 aliphatic carbocycles. The van der Waals surface area contributed by atoms with Crippen LogP contribution in [0, 0.1) is 0 Å². The zero-order chi connectivity index (χ0) is 16.6. The topological polar surface area (TPSA) is 79.9 Å². The van der Waals surface area contributed by atoms with Gasteiger partial charge in [-0.2, -0.15) is 5.10 Å². The van der Waals surface area contributed by atoms with Crippen molar-refractivity contribution in [3.63, 3.8) is 0 Å². The third kappa shape index (κ3) is 4.19. The average molecular weight is 322 g/mol. The van der Waals surface area contributed by atoms with Crippen molar-refractivity contribution >= 4 is 23.2 Å². The lowest BCUT2D eigenvalue weighted by Gasteiger charge is -2.05. The molecule has 122 valence electrons. The molecule has 24 heavy (non-hydrogen) atoms. The number of aromatic nitrogens is 3. The molecule has 0 spiro atoms. The van der Waals surface area contributed by atoms with E-state index in [2.05, 4.69) is 20.5 Å². The maximum absolute atomic E-state index is 11.6. The van der Waals surface area contributed by atoms with Crippen LogP contribution in [0.25, 0.3) is 17.1 Å². The number of hydrogen-bond acceptors (Lipinski definition) is 4. The van der Waals surface area contributed by atoms with Crippen LogP contribution in [0.4, 0.5) is 4.79 Å². The van der Waals surface area contributed by atoms with Gasteiger partial charge in [0.15, 0.2) is 5.65 Å². The van der Waals surface area contributed by atoms with Gasteiger partial charge in [0, 0.05) is 18.1 Å². The molecule has 0 fully saturated rings. The highest BCUT2D eigenvalue weighted by Gasteiger charge is 2.02. The fraction of sp³-hybridized carbons (Fsp3) is 0.167. The van der Waals surface area contributed by atoms with Crippen molar-refractivity contribution in [2.24, 2.45) is 0 Å². The second kappa shape index (κ2) is 7.92. The molecule has 0 saturated heterocycles. The smallest absolute Gasteiger partial charge is 0.407 e. The molecular weight excluding hydrogens is 304 g/mol. The normalized spacial score (nSPS) is 11.0. The van der Waals surface area contributed by atoms with Crippen LogP contribution >= 0.6 is 0 Å². The van der Waals surface area contributed by atoms with Gasteiger partial charge >= 0.3 is 6.09 Å². The summed E-state index contributed by atoms with van der Waals surface area (Å²) in [6.07, 6.45) is 5.90. The highest BCUT2D eigenvalue weighted by Crippen LogP contribution is 2.14. The summed E-state index contributed by atoms with van der Waals surface area (Å²) in [5.74, 6) is 0. The first kappa shape index (κ1) is 15.7. The minimum atomic E-state index is -0.413. The molecule has 0 aliphatic heterocycles. The van der Waals surface area contributed by atoms with E-state index in [9.17, 15) is 4.79 Å². The van der Waals surface area contributed by atoms with Gasteiger partial charge in [-0.3, -0.25) is 5.10 Å². The van der Waals surface area contributed by atoms with Crippen LogP contribution in [0.2, 0.25) is 0 Å². The number of nitrogens with zero attached hydrogens (tertiary/aromatic N) is 2. The Morgan fingerprint density at radius 3 is 2.96 bits per heavy atom. The Morgan fingerprint density at radius 2 is 2.08 bits per heavy atom. The first-order chi connectivity index (χ1) is 11.8. The van der Waals surface area contributed by atoms with E-state index >= 15 is 0 Å². The average Bonchev–Trinajstić information content (AvgIpc) is 3.04. The van der Waals surface area contributed by atoms with E-state index in [1.807, 2.05) is 54.6 Å². The largest absolute Gasteiger partial charge is 0.445 e. The van der Waals surface area contributed by atoms with Crippen molar-refractivity contribution < 1.29 is 9.53 Å². The fourth-order valence-electron chi connectivity index (χ4n) is 2.23. The Kier molecular flexibility index (Phi) is 5.19. The minimum Gasteiger partial charge on any atom is -0.445 e. The predicted molar refractivity (Wildman–Crippen MR) is 92.2 cm³/mol. The van der Waals surface area contributed by atoms with Crippen LogP contribution in [0.3, 0.4) is 0 Å². The molecule has 0 aliphatic rings. The number of amides is 1. The lowest BCUT2D eigenvalue weighted by Crippen LogP contribution is -2.24. The molecule has 2 heterocycles. The number of nitrogens with one attached hydrogen (secondary N) is 2. The van der Waals surface area contributed by atoms with Gasteiger partial charge in [-0.25, -0.2) is 9.78 Å². The number of aromatic amines is 1. The quantitative estimate of drug-likeness (QED) is 0.683. The highest BCUT2D eigenvalue weighted by atomic mass is 16.5. The molecule has 0 saturated carbocycles. The van der Waals surface area contributed by atoms with E-state index in [0.29, 0.717) is 18.6 Å². The summed E-state index contributed by atoms with van der Waals surface area (Å²) in [6.45, 7) is 0.782. The number of alkyl carbamates (subject to hydrolysis) is 1. The van der Waals surface area contributed by atoms with E-state index in [0.717, 1.165) is 16.6 Å². The summed E-state index contributed by atoms with van der Waals surface area (Å²) in [5, 5.41) is 10.8. The Morgan fingerprint density at radius 1 is 1.21 bits per heavy atom. The SMILES string of the molecule is O=C(NCCC=Cc1[nH]nc2ncccc12)OCc1ccccc1. The Labute approximate surface area is 139 Å². The number of carbonyl (C=O) groups is 1. The molecule has 3 aromatic rings. The molecule has 0 radical (unpaired) electrons. The molecule has 6 nitrogen and oxygen atoms in total. The summed E-state index contributed by atoms with van der Waals surface area (Å²) >= 11 is 0. The molecule has 2 aromatic heterocycles. The third-order valence-electron chi connectivity index (χ3n) is 3.44. The molecule has 1 amide bonds. The Balaban J connectivity index is 1.39. The van der Waals surface area contributed by atoms with E-state index in [1.54, 1.807) is 6.20 Å². The first-order valence-electron chi connectivity index (χ1n) is 7.73. The Bertz CT molecular complexity index is 827. The van der Waals surface area contributed by atoms with Gasteiger partial charge in [-0.15, -0.1) is 0 Å². The number of hydrogen-bond donors (Lipinski definition) is 2.